The Morgan fingerprint density at radius 2 is 2.18 bits per heavy atom. The van der Waals surface area contributed by atoms with Crippen LogP contribution in [0.5, 0.6) is 0 Å². The Morgan fingerprint density at radius 1 is 1.41 bits per heavy atom. The molecule has 0 aliphatic carbocycles. The van der Waals surface area contributed by atoms with E-state index in [2.05, 4.69) is 43.1 Å². The van der Waals surface area contributed by atoms with Crippen LogP contribution in [0.1, 0.15) is 25.0 Å². The van der Waals surface area contributed by atoms with Crippen molar-refractivity contribution in [3.63, 3.8) is 0 Å². The monoisotopic (exact) mass is 229 g/mol. The molecule has 1 N–H and O–H groups in total. The first-order valence-electron chi connectivity index (χ1n) is 6.13. The number of aryl methyl sites for hydroxylation is 1. The summed E-state index contributed by atoms with van der Waals surface area (Å²) >= 11 is 0. The summed E-state index contributed by atoms with van der Waals surface area (Å²) in [5, 5.41) is 12.7. The zero-order chi connectivity index (χ0) is 12.4. The molecule has 2 rings (SSSR count). The third-order valence-corrected chi connectivity index (χ3v) is 3.41. The number of hydrogen-bond acceptors (Lipinski definition) is 3. The van der Waals surface area contributed by atoms with Crippen molar-refractivity contribution < 1.29 is 0 Å². The van der Waals surface area contributed by atoms with Gasteiger partial charge in [-0.25, -0.2) is 0 Å². The number of benzene rings is 1. The van der Waals surface area contributed by atoms with Gasteiger partial charge in [-0.3, -0.25) is 0 Å². The van der Waals surface area contributed by atoms with Crippen LogP contribution in [0.25, 0.3) is 0 Å². The lowest BCUT2D eigenvalue weighted by atomic mass is 10.0. The predicted octanol–water partition coefficient (Wildman–Crippen LogP) is 2.05. The minimum absolute atomic E-state index is 0.430. The van der Waals surface area contributed by atoms with Gasteiger partial charge in [0.05, 0.1) is 11.3 Å². The molecule has 0 saturated carbocycles. The Hall–Kier alpha value is -1.53. The molecule has 1 aliphatic rings. The number of nitrogens with zero attached hydrogens (tertiary/aromatic N) is 2. The summed E-state index contributed by atoms with van der Waals surface area (Å²) in [6, 6.07) is 9.14. The molecule has 17 heavy (non-hydrogen) atoms. The van der Waals surface area contributed by atoms with Crippen LogP contribution in [-0.2, 0) is 0 Å². The summed E-state index contributed by atoms with van der Waals surface area (Å²) in [4.78, 5) is 2.36. The fraction of sp³-hybridized carbons (Fsp3) is 0.500. The van der Waals surface area contributed by atoms with Crippen LogP contribution >= 0.6 is 0 Å². The second-order valence-corrected chi connectivity index (χ2v) is 4.89. The third-order valence-electron chi connectivity index (χ3n) is 3.41. The van der Waals surface area contributed by atoms with E-state index in [0.29, 0.717) is 12.1 Å². The quantitative estimate of drug-likeness (QED) is 0.801. The van der Waals surface area contributed by atoms with Crippen LogP contribution in [0.2, 0.25) is 0 Å². The van der Waals surface area contributed by atoms with E-state index in [-0.39, 0.29) is 0 Å². The second-order valence-electron chi connectivity index (χ2n) is 4.89. The standard InChI is InChI=1S/C14H19N3/c1-10-5-4-6-13(7-15)14(10)17-9-11(2)16-8-12(17)3/h4-6,11-12,16H,8-9H2,1-3H3. The fourth-order valence-corrected chi connectivity index (χ4v) is 2.46. The lowest BCUT2D eigenvalue weighted by molar-refractivity contribution is 0.424. The number of rotatable bonds is 1. The van der Waals surface area contributed by atoms with Crippen molar-refractivity contribution in [2.24, 2.45) is 0 Å². The van der Waals surface area contributed by atoms with Gasteiger partial charge >= 0.3 is 0 Å². The number of nitriles is 1. The van der Waals surface area contributed by atoms with Gasteiger partial charge in [0.15, 0.2) is 0 Å². The normalized spacial score (nSPS) is 24.5. The molecule has 1 heterocycles. The zero-order valence-electron chi connectivity index (χ0n) is 10.7. The van der Waals surface area contributed by atoms with Gasteiger partial charge in [0.1, 0.15) is 6.07 Å². The van der Waals surface area contributed by atoms with E-state index in [0.717, 1.165) is 24.3 Å². The molecular formula is C14H19N3. The first kappa shape index (κ1) is 11.9. The van der Waals surface area contributed by atoms with Gasteiger partial charge in [-0.1, -0.05) is 12.1 Å². The highest BCUT2D eigenvalue weighted by Crippen LogP contribution is 2.27. The van der Waals surface area contributed by atoms with Crippen molar-refractivity contribution in [2.75, 3.05) is 18.0 Å². The van der Waals surface area contributed by atoms with Gasteiger partial charge in [0.2, 0.25) is 0 Å². The summed E-state index contributed by atoms with van der Waals surface area (Å²) in [6.45, 7) is 8.40. The number of para-hydroxylation sites is 1. The van der Waals surface area contributed by atoms with Gasteiger partial charge in [-0.05, 0) is 32.4 Å². The summed E-state index contributed by atoms with van der Waals surface area (Å²) in [6.07, 6.45) is 0. The molecule has 1 fully saturated rings. The molecule has 90 valence electrons. The zero-order valence-corrected chi connectivity index (χ0v) is 10.7. The summed E-state index contributed by atoms with van der Waals surface area (Å²) < 4.78 is 0. The molecule has 0 radical (unpaired) electrons. The van der Waals surface area contributed by atoms with E-state index in [9.17, 15) is 5.26 Å². The molecule has 0 amide bonds. The maximum absolute atomic E-state index is 9.23. The van der Waals surface area contributed by atoms with Crippen LogP contribution < -0.4 is 10.2 Å². The smallest absolute Gasteiger partial charge is 0.101 e. The Balaban J connectivity index is 2.42. The lowest BCUT2D eigenvalue weighted by Gasteiger charge is -2.40. The minimum atomic E-state index is 0.430. The van der Waals surface area contributed by atoms with Crippen LogP contribution in [0.3, 0.4) is 0 Å². The number of hydrogen-bond donors (Lipinski definition) is 1. The second kappa shape index (κ2) is 4.77. The fourth-order valence-electron chi connectivity index (χ4n) is 2.46. The molecule has 1 aromatic carbocycles. The average Bonchev–Trinajstić information content (AvgIpc) is 2.32. The van der Waals surface area contributed by atoms with Crippen LogP contribution in [0.4, 0.5) is 5.69 Å². The summed E-state index contributed by atoms with van der Waals surface area (Å²) in [7, 11) is 0. The molecule has 1 saturated heterocycles. The molecule has 3 heteroatoms. The van der Waals surface area contributed by atoms with Gasteiger partial charge in [-0.15, -0.1) is 0 Å². The molecule has 0 bridgehead atoms. The third kappa shape index (κ3) is 2.27. The molecule has 2 atom stereocenters. The first-order valence-corrected chi connectivity index (χ1v) is 6.13. The van der Waals surface area contributed by atoms with Crippen molar-refractivity contribution in [2.45, 2.75) is 32.9 Å². The maximum Gasteiger partial charge on any atom is 0.101 e. The number of nitrogens with one attached hydrogen (secondary N) is 1. The highest BCUT2D eigenvalue weighted by atomic mass is 15.2. The Labute approximate surface area is 103 Å². The highest BCUT2D eigenvalue weighted by Gasteiger charge is 2.25. The molecule has 1 aliphatic heterocycles. The van der Waals surface area contributed by atoms with Crippen molar-refractivity contribution in [1.29, 1.82) is 5.26 Å². The van der Waals surface area contributed by atoms with E-state index in [1.165, 1.54) is 5.56 Å². The average molecular weight is 229 g/mol. The molecule has 3 nitrogen and oxygen atoms in total. The molecule has 1 aromatic rings. The van der Waals surface area contributed by atoms with Gasteiger partial charge < -0.3 is 10.2 Å². The van der Waals surface area contributed by atoms with Crippen molar-refractivity contribution >= 4 is 5.69 Å². The van der Waals surface area contributed by atoms with E-state index in [1.807, 2.05) is 12.1 Å². The largest absolute Gasteiger partial charge is 0.365 e. The SMILES string of the molecule is Cc1cccc(C#N)c1N1CC(C)NCC1C. The van der Waals surface area contributed by atoms with E-state index in [4.69, 9.17) is 0 Å². The topological polar surface area (TPSA) is 39.1 Å². The van der Waals surface area contributed by atoms with Crippen molar-refractivity contribution in [3.8, 4) is 6.07 Å². The van der Waals surface area contributed by atoms with Gasteiger partial charge in [0, 0.05) is 25.2 Å². The van der Waals surface area contributed by atoms with Gasteiger partial charge in [-0.2, -0.15) is 5.26 Å². The molecule has 2 unspecified atom stereocenters. The Morgan fingerprint density at radius 3 is 2.88 bits per heavy atom. The van der Waals surface area contributed by atoms with Crippen LogP contribution in [0.15, 0.2) is 18.2 Å². The number of anilines is 1. The first-order chi connectivity index (χ1) is 8.13. The van der Waals surface area contributed by atoms with Crippen molar-refractivity contribution in [1.82, 2.24) is 5.32 Å². The highest BCUT2D eigenvalue weighted by molar-refractivity contribution is 5.64. The Kier molecular flexibility index (Phi) is 3.35. The molecular weight excluding hydrogens is 210 g/mol. The molecule has 0 spiro atoms. The van der Waals surface area contributed by atoms with E-state index < -0.39 is 0 Å². The number of piperazine rings is 1. The molecule has 0 aromatic heterocycles. The maximum atomic E-state index is 9.23. The van der Waals surface area contributed by atoms with E-state index in [1.54, 1.807) is 0 Å². The van der Waals surface area contributed by atoms with Gasteiger partial charge in [0.25, 0.3) is 0 Å². The van der Waals surface area contributed by atoms with Crippen LogP contribution in [0, 0.1) is 18.3 Å². The van der Waals surface area contributed by atoms with E-state index >= 15 is 0 Å². The van der Waals surface area contributed by atoms with Crippen LogP contribution in [-0.4, -0.2) is 25.2 Å². The van der Waals surface area contributed by atoms with Crippen molar-refractivity contribution in [3.05, 3.63) is 29.3 Å². The Bertz CT molecular complexity index is 447. The minimum Gasteiger partial charge on any atom is -0.365 e. The summed E-state index contributed by atoms with van der Waals surface area (Å²) in [5.41, 5.74) is 3.08. The summed E-state index contributed by atoms with van der Waals surface area (Å²) in [5.74, 6) is 0. The lowest BCUT2D eigenvalue weighted by Crippen LogP contribution is -2.54. The predicted molar refractivity (Wildman–Crippen MR) is 70.2 cm³/mol.